The van der Waals surface area contributed by atoms with Crippen LogP contribution in [0.1, 0.15) is 33.1 Å². The fourth-order valence-corrected chi connectivity index (χ4v) is 5.74. The minimum Gasteiger partial charge on any atom is -1.00 e. The van der Waals surface area contributed by atoms with Crippen molar-refractivity contribution in [3.63, 3.8) is 0 Å². The third kappa shape index (κ3) is 21.5. The van der Waals surface area contributed by atoms with Crippen molar-refractivity contribution < 1.29 is 41.2 Å². The van der Waals surface area contributed by atoms with Gasteiger partial charge in [-0.3, -0.25) is 16.2 Å². The Morgan fingerprint density at radius 3 is 1.73 bits per heavy atom. The number of thioether (sulfide) groups is 3. The molecule has 37 heavy (non-hydrogen) atoms. The van der Waals surface area contributed by atoms with Gasteiger partial charge in [0.1, 0.15) is 11.4 Å². The van der Waals surface area contributed by atoms with Crippen LogP contribution in [0.4, 0.5) is 0 Å². The van der Waals surface area contributed by atoms with Crippen molar-refractivity contribution in [2.24, 2.45) is 0 Å². The Labute approximate surface area is 267 Å². The van der Waals surface area contributed by atoms with Gasteiger partial charge in [-0.2, -0.15) is 35.3 Å². The number of halogens is 2. The molecule has 0 amide bonds. The third-order valence-corrected chi connectivity index (χ3v) is 8.29. The van der Waals surface area contributed by atoms with Crippen LogP contribution in [0.2, 0.25) is 0 Å². The summed E-state index contributed by atoms with van der Waals surface area (Å²) in [6.07, 6.45) is 5.92. The number of hydrogen-bond acceptors (Lipinski definition) is 8. The first-order valence-corrected chi connectivity index (χ1v) is 14.6. The number of carbonyl (C=O) groups is 3. The summed E-state index contributed by atoms with van der Waals surface area (Å²) in [4.78, 5) is 31.3. The van der Waals surface area contributed by atoms with Gasteiger partial charge in [0.2, 0.25) is 5.24 Å². The molecule has 1 N–H and O–H groups in total. The average Bonchev–Trinajstić information content (AvgIpc) is 3.60. The molecule has 3 rings (SSSR count). The van der Waals surface area contributed by atoms with E-state index in [4.69, 9.17) is 16.3 Å². The molecule has 11 heteroatoms. The van der Waals surface area contributed by atoms with E-state index in [1.165, 1.54) is 0 Å². The van der Waals surface area contributed by atoms with Crippen molar-refractivity contribution >= 4 is 86.9 Å². The maximum absolute atomic E-state index is 11.3. The van der Waals surface area contributed by atoms with E-state index in [2.05, 4.69) is 39.5 Å². The molecule has 2 atom stereocenters. The monoisotopic (exact) mass is 664 g/mol. The molecule has 3 aliphatic rings. The van der Waals surface area contributed by atoms with Gasteiger partial charge in [-0.15, -0.1) is 6.58 Å². The van der Waals surface area contributed by atoms with E-state index < -0.39 is 16.4 Å². The van der Waals surface area contributed by atoms with E-state index in [9.17, 15) is 19.5 Å². The van der Waals surface area contributed by atoms with Crippen LogP contribution in [-0.4, -0.2) is 90.9 Å². The largest absolute Gasteiger partial charge is 2.00 e. The molecule has 206 valence electrons. The Balaban J connectivity index is -0.000000198. The molecule has 0 radical (unpaired) electrons. The summed E-state index contributed by atoms with van der Waals surface area (Å²) in [5.74, 6) is 5.66. The van der Waals surface area contributed by atoms with Gasteiger partial charge in [0, 0.05) is 41.2 Å². The van der Waals surface area contributed by atoms with Crippen LogP contribution >= 0.6 is 46.9 Å². The molecule has 3 heterocycles. The summed E-state index contributed by atoms with van der Waals surface area (Å²) in [7, 11) is 0. The second-order valence-corrected chi connectivity index (χ2v) is 11.4. The SMILES string of the molecule is C=C(C)C(=O)Cl.C=CC1(O)CCSC1.C=CC1(OC(=O)C(=C)C)CCSC1.O=C1CCSC1.[Br-].[CH-]=C.[Mg+2]. The zero-order valence-electron chi connectivity index (χ0n) is 21.9. The Morgan fingerprint density at radius 1 is 1.00 bits per heavy atom. The first kappa shape index (κ1) is 44.1. The summed E-state index contributed by atoms with van der Waals surface area (Å²) in [6, 6.07) is 0. The van der Waals surface area contributed by atoms with Crippen LogP contribution in [0.5, 0.6) is 0 Å². The molecule has 3 saturated heterocycles. The molecule has 0 aliphatic carbocycles. The molecule has 2 unspecified atom stereocenters. The minimum absolute atomic E-state index is 0. The normalized spacial score (nSPS) is 22.5. The first-order chi connectivity index (χ1) is 16.4. The molecule has 0 aromatic heterocycles. The van der Waals surface area contributed by atoms with Gasteiger partial charge in [-0.1, -0.05) is 25.8 Å². The fourth-order valence-electron chi connectivity index (χ4n) is 2.29. The van der Waals surface area contributed by atoms with Gasteiger partial charge in [0.25, 0.3) is 0 Å². The standard InChI is InChI=1S/C10H14O2S.C6H10OS.C4H5ClO.C4H6OS.C2H3.BrH.Mg/c1-4-10(5-6-13-7-10)12-9(11)8(2)3;1-2-6(7)3-4-8-5-6;1-3(2)4(5)6;5-4-1-2-6-3-4;1-2;;/h4H,1-2,5-7H2,3H3;2,7H,1,3-5H2;1H2,2H3;1-3H2;1H,2H2;1H;/q;;;;-1;;+2/p-1. The Morgan fingerprint density at radius 2 is 1.51 bits per heavy atom. The number of hydrogen-bond donors (Lipinski definition) is 1. The van der Waals surface area contributed by atoms with Crippen LogP contribution in [0.15, 0.2) is 56.2 Å². The van der Waals surface area contributed by atoms with Crippen LogP contribution in [-0.2, 0) is 19.1 Å². The molecular weight excluding hydrogens is 628 g/mol. The molecule has 0 spiro atoms. The summed E-state index contributed by atoms with van der Waals surface area (Å²) >= 11 is 10.2. The predicted molar refractivity (Wildman–Crippen MR) is 161 cm³/mol. The fraction of sp³-hybridized carbons (Fsp3) is 0.500. The molecule has 5 nitrogen and oxygen atoms in total. The Bertz CT molecular complexity index is 732. The molecule has 0 saturated carbocycles. The van der Waals surface area contributed by atoms with Crippen molar-refractivity contribution in [3.8, 4) is 0 Å². The van der Waals surface area contributed by atoms with Crippen LogP contribution in [0.25, 0.3) is 0 Å². The van der Waals surface area contributed by atoms with Gasteiger partial charge in [-0.05, 0) is 49.5 Å². The molecule has 3 fully saturated rings. The summed E-state index contributed by atoms with van der Waals surface area (Å²) in [5, 5.41) is 8.90. The first-order valence-electron chi connectivity index (χ1n) is 10.8. The van der Waals surface area contributed by atoms with Crippen molar-refractivity contribution in [3.05, 3.63) is 62.8 Å². The van der Waals surface area contributed by atoms with E-state index in [0.29, 0.717) is 16.9 Å². The maximum atomic E-state index is 11.3. The number of Topliss-reactive ketones (excluding diaryl/α,β-unsaturated/α-hetero) is 1. The number of ether oxygens (including phenoxy) is 1. The molecule has 3 aliphatic heterocycles. The number of carbonyl (C=O) groups excluding carboxylic acids is 3. The van der Waals surface area contributed by atoms with E-state index in [0.717, 1.165) is 53.8 Å². The number of allylic oxidation sites excluding steroid dienone is 1. The number of esters is 1. The smallest absolute Gasteiger partial charge is 1.00 e. The van der Waals surface area contributed by atoms with Crippen molar-refractivity contribution in [2.45, 2.75) is 44.3 Å². The second-order valence-electron chi connectivity index (χ2n) is 7.75. The third-order valence-electron chi connectivity index (χ3n) is 4.57. The Kier molecular flexibility index (Phi) is 29.9. The molecular formula is C26H38BrClMgO5S3. The zero-order chi connectivity index (χ0) is 27.5. The van der Waals surface area contributed by atoms with Crippen molar-refractivity contribution in [1.29, 1.82) is 0 Å². The van der Waals surface area contributed by atoms with E-state index in [-0.39, 0.29) is 46.0 Å². The minimum atomic E-state index is -0.537. The number of ketones is 1. The average molecular weight is 666 g/mol. The summed E-state index contributed by atoms with van der Waals surface area (Å²) in [6.45, 7) is 24.3. The number of rotatable bonds is 5. The zero-order valence-corrected chi connectivity index (χ0v) is 28.1. The van der Waals surface area contributed by atoms with Gasteiger partial charge in [0.05, 0.1) is 11.4 Å². The van der Waals surface area contributed by atoms with Crippen molar-refractivity contribution in [1.82, 2.24) is 0 Å². The summed E-state index contributed by atoms with van der Waals surface area (Å²) in [5.41, 5.74) is -0.152. The van der Waals surface area contributed by atoms with Crippen LogP contribution < -0.4 is 17.0 Å². The van der Waals surface area contributed by atoms with E-state index in [1.54, 1.807) is 61.3 Å². The van der Waals surface area contributed by atoms with E-state index in [1.807, 2.05) is 0 Å². The van der Waals surface area contributed by atoms with Gasteiger partial charge in [-0.25, -0.2) is 4.79 Å². The van der Waals surface area contributed by atoms with Crippen LogP contribution in [0, 0.1) is 6.58 Å². The summed E-state index contributed by atoms with van der Waals surface area (Å²) < 4.78 is 5.33. The Hall–Kier alpha value is 0.0562. The van der Waals surface area contributed by atoms with Gasteiger partial charge < -0.3 is 33.4 Å². The quantitative estimate of drug-likeness (QED) is 0.120. The van der Waals surface area contributed by atoms with Gasteiger partial charge >= 0.3 is 29.0 Å². The van der Waals surface area contributed by atoms with Gasteiger partial charge in [0.15, 0.2) is 0 Å². The van der Waals surface area contributed by atoms with Crippen LogP contribution in [0.3, 0.4) is 0 Å². The molecule has 0 aromatic rings. The predicted octanol–water partition coefficient (Wildman–Crippen LogP) is 2.46. The topological polar surface area (TPSA) is 80.7 Å². The number of aliphatic hydroxyl groups is 1. The second kappa shape index (κ2) is 25.1. The maximum Gasteiger partial charge on any atom is 2.00 e. The molecule has 0 bridgehead atoms. The van der Waals surface area contributed by atoms with E-state index >= 15 is 0 Å². The van der Waals surface area contributed by atoms with Crippen molar-refractivity contribution in [2.75, 3.05) is 34.5 Å². The molecule has 0 aromatic carbocycles.